The van der Waals surface area contributed by atoms with E-state index in [0.29, 0.717) is 18.5 Å². The topological polar surface area (TPSA) is 26.7 Å². The highest BCUT2D eigenvalue weighted by molar-refractivity contribution is 5.19. The molecule has 1 saturated heterocycles. The molecule has 1 aromatic carbocycles. The standard InChI is InChI=1S/C14H20F2N2O/c1-17-6-7-18(10-12(17)5-8-19)9-11-3-2-4-13(15)14(11)16/h2-4,12,19H,5-10H2,1H3. The SMILES string of the molecule is CN1CCN(Cc2cccc(F)c2F)CC1CCO. The number of halogens is 2. The molecular formula is C14H20F2N2O. The van der Waals surface area contributed by atoms with Crippen molar-refractivity contribution in [2.24, 2.45) is 0 Å². The lowest BCUT2D eigenvalue weighted by Crippen LogP contribution is -2.51. The number of rotatable bonds is 4. The highest BCUT2D eigenvalue weighted by Gasteiger charge is 2.24. The normalized spacial score (nSPS) is 21.8. The van der Waals surface area contributed by atoms with Crippen LogP contribution in [0.25, 0.3) is 0 Å². The van der Waals surface area contributed by atoms with E-state index in [4.69, 9.17) is 5.11 Å². The van der Waals surface area contributed by atoms with Crippen LogP contribution in [0.3, 0.4) is 0 Å². The quantitative estimate of drug-likeness (QED) is 0.897. The van der Waals surface area contributed by atoms with Crippen LogP contribution >= 0.6 is 0 Å². The van der Waals surface area contributed by atoms with Gasteiger partial charge in [-0.15, -0.1) is 0 Å². The van der Waals surface area contributed by atoms with Crippen LogP contribution in [0.4, 0.5) is 8.78 Å². The van der Waals surface area contributed by atoms with Gasteiger partial charge in [-0.25, -0.2) is 8.78 Å². The van der Waals surface area contributed by atoms with Gasteiger partial charge in [0.1, 0.15) is 0 Å². The summed E-state index contributed by atoms with van der Waals surface area (Å²) in [5.74, 6) is -1.54. The lowest BCUT2D eigenvalue weighted by Gasteiger charge is -2.39. The maximum absolute atomic E-state index is 13.6. The van der Waals surface area contributed by atoms with Gasteiger partial charge >= 0.3 is 0 Å². The van der Waals surface area contributed by atoms with Crippen LogP contribution in [0.15, 0.2) is 18.2 Å². The summed E-state index contributed by atoms with van der Waals surface area (Å²) in [7, 11) is 2.03. The minimum atomic E-state index is -0.793. The average Bonchev–Trinajstić information content (AvgIpc) is 2.39. The number of piperazine rings is 1. The summed E-state index contributed by atoms with van der Waals surface area (Å²) < 4.78 is 26.8. The summed E-state index contributed by atoms with van der Waals surface area (Å²) in [5, 5.41) is 9.04. The molecule has 0 aromatic heterocycles. The summed E-state index contributed by atoms with van der Waals surface area (Å²) in [6, 6.07) is 4.57. The van der Waals surface area contributed by atoms with Gasteiger partial charge in [-0.3, -0.25) is 4.90 Å². The van der Waals surface area contributed by atoms with Crippen molar-refractivity contribution < 1.29 is 13.9 Å². The van der Waals surface area contributed by atoms with Crippen LogP contribution in [0, 0.1) is 11.6 Å². The molecule has 1 N–H and O–H groups in total. The van der Waals surface area contributed by atoms with E-state index in [0.717, 1.165) is 25.7 Å². The summed E-state index contributed by atoms with van der Waals surface area (Å²) in [6.45, 7) is 3.04. The molecule has 1 aliphatic heterocycles. The Bertz CT molecular complexity index is 428. The van der Waals surface area contributed by atoms with Gasteiger partial charge in [0.05, 0.1) is 0 Å². The number of aliphatic hydroxyl groups is 1. The molecule has 1 heterocycles. The molecule has 19 heavy (non-hydrogen) atoms. The van der Waals surface area contributed by atoms with Crippen molar-refractivity contribution >= 4 is 0 Å². The third-order valence-electron chi connectivity index (χ3n) is 3.75. The molecule has 1 atom stereocenters. The lowest BCUT2D eigenvalue weighted by molar-refractivity contribution is 0.0735. The highest BCUT2D eigenvalue weighted by Crippen LogP contribution is 2.17. The second kappa shape index (κ2) is 6.41. The van der Waals surface area contributed by atoms with E-state index in [1.807, 2.05) is 7.05 Å². The van der Waals surface area contributed by atoms with Gasteiger partial charge < -0.3 is 10.0 Å². The molecule has 106 valence electrons. The second-order valence-electron chi connectivity index (χ2n) is 5.09. The maximum atomic E-state index is 13.6. The Labute approximate surface area is 112 Å². The Kier molecular flexibility index (Phi) is 4.85. The van der Waals surface area contributed by atoms with Gasteiger partial charge in [0.25, 0.3) is 0 Å². The van der Waals surface area contributed by atoms with Gasteiger partial charge in [0.2, 0.25) is 0 Å². The maximum Gasteiger partial charge on any atom is 0.163 e. The van der Waals surface area contributed by atoms with Crippen LogP contribution in [0.2, 0.25) is 0 Å². The number of likely N-dealkylation sites (N-methyl/N-ethyl adjacent to an activating group) is 1. The molecule has 0 amide bonds. The van der Waals surface area contributed by atoms with Crippen LogP contribution in [-0.4, -0.2) is 54.2 Å². The molecule has 0 spiro atoms. The molecule has 0 aliphatic carbocycles. The fraction of sp³-hybridized carbons (Fsp3) is 0.571. The molecular weight excluding hydrogens is 250 g/mol. The van der Waals surface area contributed by atoms with Crippen molar-refractivity contribution in [3.63, 3.8) is 0 Å². The first-order valence-corrected chi connectivity index (χ1v) is 6.58. The predicted molar refractivity (Wildman–Crippen MR) is 69.8 cm³/mol. The minimum Gasteiger partial charge on any atom is -0.396 e. The molecule has 2 rings (SSSR count). The average molecular weight is 270 g/mol. The molecule has 1 unspecified atom stereocenters. The number of benzene rings is 1. The number of aliphatic hydroxyl groups excluding tert-OH is 1. The molecule has 5 heteroatoms. The van der Waals surface area contributed by atoms with Gasteiger partial charge in [0.15, 0.2) is 11.6 Å². The van der Waals surface area contributed by atoms with Gasteiger partial charge in [-0.2, -0.15) is 0 Å². The zero-order valence-electron chi connectivity index (χ0n) is 11.1. The van der Waals surface area contributed by atoms with Crippen molar-refractivity contribution in [1.29, 1.82) is 0 Å². The fourth-order valence-electron chi connectivity index (χ4n) is 2.53. The van der Waals surface area contributed by atoms with E-state index >= 15 is 0 Å². The van der Waals surface area contributed by atoms with Crippen molar-refractivity contribution in [2.45, 2.75) is 19.0 Å². The second-order valence-corrected chi connectivity index (χ2v) is 5.09. The smallest absolute Gasteiger partial charge is 0.163 e. The zero-order chi connectivity index (χ0) is 13.8. The molecule has 3 nitrogen and oxygen atoms in total. The number of nitrogens with zero attached hydrogens (tertiary/aromatic N) is 2. The molecule has 0 bridgehead atoms. The van der Waals surface area contributed by atoms with E-state index in [-0.39, 0.29) is 12.6 Å². The van der Waals surface area contributed by atoms with Gasteiger partial charge in [-0.05, 0) is 19.5 Å². The number of hydrogen-bond acceptors (Lipinski definition) is 3. The van der Waals surface area contributed by atoms with Crippen LogP contribution in [0.1, 0.15) is 12.0 Å². The van der Waals surface area contributed by atoms with Crippen molar-refractivity contribution in [3.05, 3.63) is 35.4 Å². The Morgan fingerprint density at radius 2 is 2.11 bits per heavy atom. The van der Waals surface area contributed by atoms with E-state index in [1.165, 1.54) is 6.07 Å². The monoisotopic (exact) mass is 270 g/mol. The van der Waals surface area contributed by atoms with Gasteiger partial charge in [-0.1, -0.05) is 12.1 Å². The van der Waals surface area contributed by atoms with Crippen molar-refractivity contribution in [2.75, 3.05) is 33.3 Å². The largest absolute Gasteiger partial charge is 0.396 e. The fourth-order valence-corrected chi connectivity index (χ4v) is 2.53. The van der Waals surface area contributed by atoms with Crippen LogP contribution in [0.5, 0.6) is 0 Å². The number of hydrogen-bond donors (Lipinski definition) is 1. The first-order valence-electron chi connectivity index (χ1n) is 6.58. The van der Waals surface area contributed by atoms with Gasteiger partial charge in [0, 0.05) is 44.4 Å². The Balaban J connectivity index is 2.01. The Hall–Kier alpha value is -1.04. The Morgan fingerprint density at radius 1 is 1.32 bits per heavy atom. The molecule has 1 aromatic rings. The molecule has 1 aliphatic rings. The summed E-state index contributed by atoms with van der Waals surface area (Å²) in [6.07, 6.45) is 0.707. The Morgan fingerprint density at radius 3 is 2.84 bits per heavy atom. The molecule has 0 radical (unpaired) electrons. The third kappa shape index (κ3) is 3.49. The van der Waals surface area contributed by atoms with Crippen LogP contribution in [-0.2, 0) is 6.54 Å². The third-order valence-corrected chi connectivity index (χ3v) is 3.75. The van der Waals surface area contributed by atoms with Crippen LogP contribution < -0.4 is 0 Å². The highest BCUT2D eigenvalue weighted by atomic mass is 19.2. The van der Waals surface area contributed by atoms with E-state index in [9.17, 15) is 8.78 Å². The molecule has 0 saturated carbocycles. The first kappa shape index (κ1) is 14.4. The lowest BCUT2D eigenvalue weighted by atomic mass is 10.1. The summed E-state index contributed by atoms with van der Waals surface area (Å²) >= 11 is 0. The molecule has 1 fully saturated rings. The zero-order valence-corrected chi connectivity index (χ0v) is 11.1. The predicted octanol–water partition coefficient (Wildman–Crippen LogP) is 1.46. The van der Waals surface area contributed by atoms with Crippen molar-refractivity contribution in [1.82, 2.24) is 9.80 Å². The van der Waals surface area contributed by atoms with E-state index in [2.05, 4.69) is 9.80 Å². The van der Waals surface area contributed by atoms with E-state index in [1.54, 1.807) is 6.07 Å². The van der Waals surface area contributed by atoms with Crippen molar-refractivity contribution in [3.8, 4) is 0 Å². The summed E-state index contributed by atoms with van der Waals surface area (Å²) in [4.78, 5) is 4.31. The minimum absolute atomic E-state index is 0.150. The first-order chi connectivity index (χ1) is 9.11. The summed E-state index contributed by atoms with van der Waals surface area (Å²) in [5.41, 5.74) is 0.396. The van der Waals surface area contributed by atoms with E-state index < -0.39 is 11.6 Å².